The van der Waals surface area contributed by atoms with E-state index >= 15 is 0 Å². The van der Waals surface area contributed by atoms with Crippen LogP contribution in [0.15, 0.2) is 24.3 Å². The Bertz CT molecular complexity index is 593. The van der Waals surface area contributed by atoms with Crippen molar-refractivity contribution in [2.24, 2.45) is 0 Å². The van der Waals surface area contributed by atoms with E-state index in [1.54, 1.807) is 13.8 Å². The van der Waals surface area contributed by atoms with Crippen molar-refractivity contribution < 1.29 is 19.1 Å². The van der Waals surface area contributed by atoms with Gasteiger partial charge >= 0.3 is 12.0 Å². The SMILES string of the molecule is Cc1ccc(COC(=O)CCN2C(=O)NC(C)(C)C2=O)cc1. The highest BCUT2D eigenvalue weighted by molar-refractivity contribution is 6.06. The van der Waals surface area contributed by atoms with Crippen LogP contribution in [0.3, 0.4) is 0 Å². The van der Waals surface area contributed by atoms with Gasteiger partial charge in [-0.3, -0.25) is 14.5 Å². The van der Waals surface area contributed by atoms with Crippen molar-refractivity contribution in [3.05, 3.63) is 35.4 Å². The van der Waals surface area contributed by atoms with Gasteiger partial charge in [-0.1, -0.05) is 29.8 Å². The number of rotatable bonds is 5. The summed E-state index contributed by atoms with van der Waals surface area (Å²) < 4.78 is 5.14. The first-order valence-electron chi connectivity index (χ1n) is 7.15. The largest absolute Gasteiger partial charge is 0.461 e. The number of amides is 3. The van der Waals surface area contributed by atoms with E-state index in [0.717, 1.165) is 16.0 Å². The van der Waals surface area contributed by atoms with E-state index in [-0.39, 0.29) is 25.5 Å². The van der Waals surface area contributed by atoms with Crippen LogP contribution in [-0.2, 0) is 20.9 Å². The number of hydrogen-bond acceptors (Lipinski definition) is 4. The van der Waals surface area contributed by atoms with E-state index in [2.05, 4.69) is 5.32 Å². The monoisotopic (exact) mass is 304 g/mol. The lowest BCUT2D eigenvalue weighted by molar-refractivity contribution is -0.145. The highest BCUT2D eigenvalue weighted by Crippen LogP contribution is 2.16. The summed E-state index contributed by atoms with van der Waals surface area (Å²) in [6.45, 7) is 5.45. The van der Waals surface area contributed by atoms with Crippen molar-refractivity contribution in [2.75, 3.05) is 6.54 Å². The van der Waals surface area contributed by atoms with Crippen LogP contribution in [0.4, 0.5) is 4.79 Å². The number of nitrogens with one attached hydrogen (secondary N) is 1. The Balaban J connectivity index is 1.80. The third-order valence-electron chi connectivity index (χ3n) is 3.50. The summed E-state index contributed by atoms with van der Waals surface area (Å²) in [6.07, 6.45) is -0.0128. The summed E-state index contributed by atoms with van der Waals surface area (Å²) in [4.78, 5) is 36.4. The topological polar surface area (TPSA) is 75.7 Å². The van der Waals surface area contributed by atoms with E-state index < -0.39 is 17.5 Å². The quantitative estimate of drug-likeness (QED) is 0.664. The van der Waals surface area contributed by atoms with Gasteiger partial charge in [-0.15, -0.1) is 0 Å². The lowest BCUT2D eigenvalue weighted by Crippen LogP contribution is -2.40. The minimum absolute atomic E-state index is 0.0128. The van der Waals surface area contributed by atoms with Crippen molar-refractivity contribution in [3.63, 3.8) is 0 Å². The number of carbonyl (C=O) groups is 3. The predicted molar refractivity (Wildman–Crippen MR) is 79.9 cm³/mol. The maximum Gasteiger partial charge on any atom is 0.325 e. The molecule has 0 radical (unpaired) electrons. The maximum absolute atomic E-state index is 12.0. The molecule has 0 aliphatic carbocycles. The highest BCUT2D eigenvalue weighted by Gasteiger charge is 2.44. The molecule has 6 nitrogen and oxygen atoms in total. The Labute approximate surface area is 129 Å². The van der Waals surface area contributed by atoms with E-state index in [1.165, 1.54) is 0 Å². The molecule has 0 atom stereocenters. The van der Waals surface area contributed by atoms with Gasteiger partial charge in [-0.05, 0) is 26.3 Å². The Hall–Kier alpha value is -2.37. The molecule has 0 saturated carbocycles. The Morgan fingerprint density at radius 1 is 1.23 bits per heavy atom. The molecular formula is C16H20N2O4. The molecule has 0 bridgehead atoms. The lowest BCUT2D eigenvalue weighted by Gasteiger charge is -2.15. The zero-order valence-electron chi connectivity index (χ0n) is 13.0. The molecule has 1 saturated heterocycles. The Morgan fingerprint density at radius 2 is 1.86 bits per heavy atom. The van der Waals surface area contributed by atoms with Crippen molar-refractivity contribution in [3.8, 4) is 0 Å². The molecule has 1 N–H and O–H groups in total. The van der Waals surface area contributed by atoms with Gasteiger partial charge in [0, 0.05) is 6.54 Å². The van der Waals surface area contributed by atoms with Crippen molar-refractivity contribution in [2.45, 2.75) is 39.3 Å². The molecule has 1 aliphatic heterocycles. The van der Waals surface area contributed by atoms with E-state index in [4.69, 9.17) is 4.74 Å². The van der Waals surface area contributed by atoms with Gasteiger partial charge in [0.25, 0.3) is 5.91 Å². The fourth-order valence-corrected chi connectivity index (χ4v) is 2.14. The molecule has 22 heavy (non-hydrogen) atoms. The van der Waals surface area contributed by atoms with Gasteiger partial charge in [0.1, 0.15) is 12.1 Å². The minimum atomic E-state index is -0.914. The number of urea groups is 1. The van der Waals surface area contributed by atoms with Gasteiger partial charge in [0.15, 0.2) is 0 Å². The second-order valence-electron chi connectivity index (χ2n) is 5.91. The van der Waals surface area contributed by atoms with Crippen LogP contribution in [0.5, 0.6) is 0 Å². The first kappa shape index (κ1) is 16.0. The maximum atomic E-state index is 12.0. The first-order valence-corrected chi connectivity index (χ1v) is 7.15. The summed E-state index contributed by atoms with van der Waals surface area (Å²) in [5.41, 5.74) is 1.12. The molecule has 2 rings (SSSR count). The van der Waals surface area contributed by atoms with Crippen LogP contribution in [-0.4, -0.2) is 34.9 Å². The summed E-state index contributed by atoms with van der Waals surface area (Å²) in [7, 11) is 0. The fourth-order valence-electron chi connectivity index (χ4n) is 2.14. The third-order valence-corrected chi connectivity index (χ3v) is 3.50. The first-order chi connectivity index (χ1) is 10.3. The molecule has 0 aromatic heterocycles. The summed E-state index contributed by atoms with van der Waals surface area (Å²) in [6, 6.07) is 7.20. The molecule has 1 aromatic carbocycles. The van der Waals surface area contributed by atoms with Crippen LogP contribution in [0.2, 0.25) is 0 Å². The molecule has 0 unspecified atom stereocenters. The molecule has 118 valence electrons. The van der Waals surface area contributed by atoms with Gasteiger partial charge in [0.05, 0.1) is 6.42 Å². The van der Waals surface area contributed by atoms with Gasteiger partial charge < -0.3 is 10.1 Å². The van der Waals surface area contributed by atoms with Crippen LogP contribution in [0, 0.1) is 6.92 Å². The van der Waals surface area contributed by atoms with Crippen LogP contribution >= 0.6 is 0 Å². The molecule has 1 aliphatic rings. The number of carbonyl (C=O) groups excluding carboxylic acids is 3. The van der Waals surface area contributed by atoms with Crippen LogP contribution in [0.25, 0.3) is 0 Å². The number of hydrogen-bond donors (Lipinski definition) is 1. The lowest BCUT2D eigenvalue weighted by atomic mass is 10.1. The highest BCUT2D eigenvalue weighted by atomic mass is 16.5. The van der Waals surface area contributed by atoms with Crippen molar-refractivity contribution in [1.29, 1.82) is 0 Å². The Kier molecular flexibility index (Phi) is 4.49. The number of aryl methyl sites for hydroxylation is 1. The standard InChI is InChI=1S/C16H20N2O4/c1-11-4-6-12(7-5-11)10-22-13(19)8-9-18-14(20)16(2,3)17-15(18)21/h4-7H,8-10H2,1-3H3,(H,17,21). The number of nitrogens with zero attached hydrogens (tertiary/aromatic N) is 1. The fraction of sp³-hybridized carbons (Fsp3) is 0.438. The summed E-state index contributed by atoms with van der Waals surface area (Å²) in [5, 5.41) is 2.57. The molecule has 1 heterocycles. The van der Waals surface area contributed by atoms with E-state index in [9.17, 15) is 14.4 Å². The number of ether oxygens (including phenoxy) is 1. The zero-order valence-corrected chi connectivity index (χ0v) is 13.0. The van der Waals surface area contributed by atoms with E-state index in [1.807, 2.05) is 31.2 Å². The van der Waals surface area contributed by atoms with Gasteiger partial charge in [-0.2, -0.15) is 0 Å². The molecular weight excluding hydrogens is 284 g/mol. The zero-order chi connectivity index (χ0) is 16.3. The third kappa shape index (κ3) is 3.63. The number of imide groups is 1. The average molecular weight is 304 g/mol. The summed E-state index contributed by atoms with van der Waals surface area (Å²) >= 11 is 0. The average Bonchev–Trinajstić information content (AvgIpc) is 2.65. The van der Waals surface area contributed by atoms with Gasteiger partial charge in [0.2, 0.25) is 0 Å². The molecule has 0 spiro atoms. The normalized spacial score (nSPS) is 16.6. The van der Waals surface area contributed by atoms with E-state index in [0.29, 0.717) is 0 Å². The van der Waals surface area contributed by atoms with Crippen molar-refractivity contribution in [1.82, 2.24) is 10.2 Å². The molecule has 3 amide bonds. The second kappa shape index (κ2) is 6.17. The second-order valence-corrected chi connectivity index (χ2v) is 5.91. The summed E-state index contributed by atoms with van der Waals surface area (Å²) in [5.74, 6) is -0.769. The minimum Gasteiger partial charge on any atom is -0.461 e. The van der Waals surface area contributed by atoms with Crippen LogP contribution < -0.4 is 5.32 Å². The van der Waals surface area contributed by atoms with Crippen molar-refractivity contribution >= 4 is 17.9 Å². The molecule has 1 aromatic rings. The number of benzene rings is 1. The molecule has 6 heteroatoms. The number of esters is 1. The Morgan fingerprint density at radius 3 is 2.41 bits per heavy atom. The smallest absolute Gasteiger partial charge is 0.325 e. The predicted octanol–water partition coefficient (Wildman–Crippen LogP) is 1.76. The van der Waals surface area contributed by atoms with Gasteiger partial charge in [-0.25, -0.2) is 4.79 Å². The van der Waals surface area contributed by atoms with Crippen LogP contribution in [0.1, 0.15) is 31.4 Å². The molecule has 1 fully saturated rings.